The minimum absolute atomic E-state index is 0.226. The first-order chi connectivity index (χ1) is 31.4. The third kappa shape index (κ3) is 13.3. The third-order valence-corrected chi connectivity index (χ3v) is 17.9. The van der Waals surface area contributed by atoms with Crippen LogP contribution in [0.15, 0.2) is 56.9 Å². The molecule has 0 N–H and O–H groups in total. The van der Waals surface area contributed by atoms with Gasteiger partial charge in [0.25, 0.3) is 6.85 Å². The Balaban J connectivity index is 2.12. The summed E-state index contributed by atoms with van der Waals surface area (Å²) in [4.78, 5) is 27.2. The lowest BCUT2D eigenvalue weighted by atomic mass is 9.83. The quantitative estimate of drug-likeness (QED) is 0.0623. The number of esters is 2. The summed E-state index contributed by atoms with van der Waals surface area (Å²) in [5.41, 5.74) is 3.38. The lowest BCUT2D eigenvalue weighted by Gasteiger charge is -2.31. The van der Waals surface area contributed by atoms with E-state index in [2.05, 4.69) is 147 Å². The van der Waals surface area contributed by atoms with Gasteiger partial charge in [-0.3, -0.25) is 9.59 Å². The summed E-state index contributed by atoms with van der Waals surface area (Å²) in [6, 6.07) is 16.4. The Bertz CT molecular complexity index is 2760. The molecule has 0 fully saturated rings. The largest absolute Gasteiger partial charge is 0.453 e. The molecule has 0 saturated carbocycles. The van der Waals surface area contributed by atoms with E-state index < -0.39 is 52.9 Å². The molecule has 0 spiro atoms. The zero-order valence-corrected chi connectivity index (χ0v) is 51.8. The standard InChI is InChI=1S/C56H80Cl2O8P2Si2/c1-51(2,3)33-25-37(47(63-67(57)58)43(27-33)69(19,20)21)38-26-34(52(4,5)6)28-44(70(22,23)24)48(38)66-68-64-45-39(29-35(31-41(45)53(7,8)9)61-49(59)55(13,14)15)40-30-36(62-50(60)56(16,17)18)32-42(46(40)65-68)54(10,11)12/h25-32H,1-24H3. The van der Waals surface area contributed by atoms with Crippen LogP contribution in [0.4, 0.5) is 0 Å². The van der Waals surface area contributed by atoms with Crippen molar-refractivity contribution in [2.45, 2.75) is 186 Å². The lowest BCUT2D eigenvalue weighted by Crippen LogP contribution is -2.40. The van der Waals surface area contributed by atoms with E-state index in [1.54, 1.807) is 0 Å². The molecule has 4 aromatic carbocycles. The predicted octanol–water partition coefficient (Wildman–Crippen LogP) is 18.1. The number of benzene rings is 4. The van der Waals surface area contributed by atoms with Crippen molar-refractivity contribution in [1.82, 2.24) is 0 Å². The number of carbonyl (C=O) groups is 2. The maximum absolute atomic E-state index is 13.6. The molecule has 5 rings (SSSR count). The molecule has 384 valence electrons. The van der Waals surface area contributed by atoms with E-state index in [0.29, 0.717) is 44.9 Å². The first-order valence-corrected chi connectivity index (χ1v) is 35.4. The summed E-state index contributed by atoms with van der Waals surface area (Å²) in [5, 5.41) is 3.39. The van der Waals surface area contributed by atoms with Crippen molar-refractivity contribution in [3.63, 3.8) is 0 Å². The van der Waals surface area contributed by atoms with Gasteiger partial charge in [-0.25, -0.2) is 0 Å². The van der Waals surface area contributed by atoms with Gasteiger partial charge in [0.15, 0.2) is 0 Å². The fourth-order valence-electron chi connectivity index (χ4n) is 7.74. The molecule has 0 radical (unpaired) electrons. The molecule has 8 nitrogen and oxygen atoms in total. The molecule has 5 aromatic rings. The normalized spacial score (nSPS) is 13.5. The van der Waals surface area contributed by atoms with Gasteiger partial charge in [-0.2, -0.15) is 0 Å². The van der Waals surface area contributed by atoms with Gasteiger partial charge in [0.05, 0.1) is 27.0 Å². The van der Waals surface area contributed by atoms with E-state index in [9.17, 15) is 9.59 Å². The van der Waals surface area contributed by atoms with E-state index in [1.165, 1.54) is 0 Å². The van der Waals surface area contributed by atoms with Gasteiger partial charge in [0.1, 0.15) is 34.2 Å². The van der Waals surface area contributed by atoms with Gasteiger partial charge in [-0.15, -0.1) is 0 Å². The highest BCUT2D eigenvalue weighted by Crippen LogP contribution is 2.53. The monoisotopic (exact) mass is 1070 g/mol. The first kappa shape index (κ1) is 57.7. The molecular formula is C56H80Cl2O8P2Si2. The molecule has 0 atom stereocenters. The highest BCUT2D eigenvalue weighted by Gasteiger charge is 2.36. The Morgan fingerprint density at radius 1 is 0.500 bits per heavy atom. The Labute approximate surface area is 433 Å². The van der Waals surface area contributed by atoms with Crippen LogP contribution < -0.4 is 28.9 Å². The van der Waals surface area contributed by atoms with Crippen LogP contribution in [0.25, 0.3) is 33.1 Å². The Hall–Kier alpha value is -3.24. The molecule has 1 aromatic heterocycles. The lowest BCUT2D eigenvalue weighted by molar-refractivity contribution is -0.143. The van der Waals surface area contributed by atoms with Crippen LogP contribution in [0.3, 0.4) is 0 Å². The van der Waals surface area contributed by atoms with Crippen molar-refractivity contribution >= 4 is 98.0 Å². The second-order valence-electron chi connectivity index (χ2n) is 27.1. The predicted molar refractivity (Wildman–Crippen MR) is 304 cm³/mol. The molecule has 0 aliphatic rings. The van der Waals surface area contributed by atoms with Crippen molar-refractivity contribution < 1.29 is 36.5 Å². The molecule has 0 bridgehead atoms. The van der Waals surface area contributed by atoms with Gasteiger partial charge in [0, 0.05) is 33.0 Å². The van der Waals surface area contributed by atoms with Crippen LogP contribution in [-0.4, -0.2) is 28.1 Å². The minimum atomic E-state index is -2.33. The second kappa shape index (κ2) is 19.6. The summed E-state index contributed by atoms with van der Waals surface area (Å²) in [6.07, 6.45) is 0. The minimum Gasteiger partial charge on any atom is -0.444 e. The molecule has 0 saturated heterocycles. The fraction of sp³-hybridized carbons (Fsp3) is 0.536. The molecule has 1 heterocycles. The van der Waals surface area contributed by atoms with Gasteiger partial charge < -0.3 is 26.9 Å². The number of rotatable bonds is 9. The number of halogens is 2. The highest BCUT2D eigenvalue weighted by molar-refractivity contribution is 8.00. The summed E-state index contributed by atoms with van der Waals surface area (Å²) >= 11 is 13.3. The summed E-state index contributed by atoms with van der Waals surface area (Å²) in [7, 11) is -6.77. The smallest absolute Gasteiger partial charge is 0.444 e. The van der Waals surface area contributed by atoms with E-state index in [4.69, 9.17) is 49.4 Å². The maximum atomic E-state index is 13.6. The van der Waals surface area contributed by atoms with Crippen LogP contribution in [-0.2, 0) is 31.2 Å². The maximum Gasteiger partial charge on any atom is 0.453 e. The van der Waals surface area contributed by atoms with Crippen LogP contribution in [0, 0.1) is 10.8 Å². The molecule has 70 heavy (non-hydrogen) atoms. The summed E-state index contributed by atoms with van der Waals surface area (Å²) in [5.74, 6) is 1.23. The van der Waals surface area contributed by atoms with Crippen molar-refractivity contribution in [2.24, 2.45) is 10.8 Å². The molecule has 0 unspecified atom stereocenters. The van der Waals surface area contributed by atoms with Gasteiger partial charge in [-0.05, 0) is 144 Å². The van der Waals surface area contributed by atoms with Crippen molar-refractivity contribution in [3.8, 4) is 34.1 Å². The zero-order valence-electron chi connectivity index (χ0n) is 46.5. The average molecular weight is 1070 g/mol. The molecule has 0 aliphatic carbocycles. The Kier molecular flexibility index (Phi) is 16.1. The van der Waals surface area contributed by atoms with Gasteiger partial charge in [0.2, 0.25) is 0 Å². The summed E-state index contributed by atoms with van der Waals surface area (Å²) < 4.78 is 41.2. The number of hydrogen-bond acceptors (Lipinski definition) is 8. The van der Waals surface area contributed by atoms with Gasteiger partial charge in [-0.1, -0.05) is 134 Å². The SMILES string of the molecule is CC(C)(C)C(=O)Oc1cc(C(C)(C)C)c2op(Oc3c(-c4cc(C(C)(C)C)cc([Si](C)(C)C)c4OP(Cl)Cl)cc(C(C)(C)C)cc3[Si](C)(C)C)oc3c(C(C)(C)C)cc(OC(=O)C(C)(C)C)cc3c2c1. The topological polar surface area (TPSA) is 97.3 Å². The number of hydrogen-bond donors (Lipinski definition) is 0. The molecular weight excluding hydrogens is 990 g/mol. The van der Waals surface area contributed by atoms with Crippen LogP contribution in [0.5, 0.6) is 23.0 Å². The van der Waals surface area contributed by atoms with Crippen LogP contribution in [0.1, 0.15) is 147 Å². The van der Waals surface area contributed by atoms with Crippen molar-refractivity contribution in [1.29, 1.82) is 0 Å². The average Bonchev–Trinajstić information content (AvgIpc) is 3.30. The van der Waals surface area contributed by atoms with Crippen molar-refractivity contribution in [3.05, 3.63) is 70.8 Å². The Morgan fingerprint density at radius 2 is 0.843 bits per heavy atom. The third-order valence-electron chi connectivity index (χ3n) is 12.2. The van der Waals surface area contributed by atoms with Crippen molar-refractivity contribution in [2.75, 3.05) is 0 Å². The molecule has 0 amide bonds. The van der Waals surface area contributed by atoms with E-state index in [-0.39, 0.29) is 22.8 Å². The molecule has 14 heteroatoms. The fourth-order valence-corrected chi connectivity index (χ4v) is 12.7. The van der Waals surface area contributed by atoms with E-state index in [1.807, 2.05) is 65.8 Å². The number of fused-ring (bicyclic) bond motifs is 3. The Morgan fingerprint density at radius 3 is 1.14 bits per heavy atom. The first-order valence-electron chi connectivity index (χ1n) is 24.2. The van der Waals surface area contributed by atoms with E-state index in [0.717, 1.165) is 43.8 Å². The number of carbonyl (C=O) groups excluding carboxylic acids is 2. The van der Waals surface area contributed by atoms with E-state index >= 15 is 0 Å². The molecule has 0 aliphatic heterocycles. The number of ether oxygens (including phenoxy) is 2. The zero-order chi connectivity index (χ0) is 53.4. The summed E-state index contributed by atoms with van der Waals surface area (Å²) in [6.45, 7) is 48.9. The highest BCUT2D eigenvalue weighted by atomic mass is 35.9. The second-order valence-corrected chi connectivity index (χ2v) is 41.1. The van der Waals surface area contributed by atoms with Crippen LogP contribution in [0.2, 0.25) is 39.3 Å². The van der Waals surface area contributed by atoms with Crippen LogP contribution >= 0.6 is 37.6 Å². The van der Waals surface area contributed by atoms with Gasteiger partial charge >= 0.3 is 20.2 Å².